The number of rotatable bonds is 3. The molecule has 0 bridgehead atoms. The van der Waals surface area contributed by atoms with Crippen molar-refractivity contribution in [2.75, 3.05) is 31.6 Å². The molecule has 4 nitrogen and oxygen atoms in total. The molecule has 108 valence electrons. The third-order valence-electron chi connectivity index (χ3n) is 3.79. The Bertz CT molecular complexity index is 360. The molecule has 2 atom stereocenters. The smallest absolute Gasteiger partial charge is 0.148 e. The predicted octanol–water partition coefficient (Wildman–Crippen LogP) is 1.13. The first kappa shape index (κ1) is 15.9. The van der Waals surface area contributed by atoms with Gasteiger partial charge in [0.25, 0.3) is 0 Å². The van der Waals surface area contributed by atoms with Crippen LogP contribution < -0.4 is 5.32 Å². The normalized spacial score (nSPS) is 28.1. The molecule has 18 heavy (non-hydrogen) atoms. The highest BCUT2D eigenvalue weighted by atomic mass is 32.2. The fraction of sp³-hybridized carbons (Fsp3) is 1.00. The molecular formula is C13H28N2O2S. The van der Waals surface area contributed by atoms with Gasteiger partial charge in [-0.05, 0) is 25.3 Å². The molecule has 1 fully saturated rings. The maximum atomic E-state index is 11.3. The summed E-state index contributed by atoms with van der Waals surface area (Å²) in [6, 6.07) is 0.869. The molecule has 0 aromatic heterocycles. The molecule has 0 radical (unpaired) electrons. The van der Waals surface area contributed by atoms with Crippen LogP contribution in [-0.2, 0) is 9.84 Å². The first-order chi connectivity index (χ1) is 8.09. The largest absolute Gasteiger partial charge is 0.312 e. The maximum Gasteiger partial charge on any atom is 0.148 e. The summed E-state index contributed by atoms with van der Waals surface area (Å²) in [6.45, 7) is 11.5. The summed E-state index contributed by atoms with van der Waals surface area (Å²) in [4.78, 5) is 2.32. The van der Waals surface area contributed by atoms with Crippen LogP contribution >= 0.6 is 0 Å². The van der Waals surface area contributed by atoms with E-state index < -0.39 is 9.84 Å². The molecule has 0 spiro atoms. The topological polar surface area (TPSA) is 49.4 Å². The Morgan fingerprint density at radius 2 is 1.94 bits per heavy atom. The molecule has 0 aliphatic carbocycles. The minimum Gasteiger partial charge on any atom is -0.312 e. The summed E-state index contributed by atoms with van der Waals surface area (Å²) in [5.74, 6) is 0.258. The second-order valence-corrected chi connectivity index (χ2v) is 8.89. The monoisotopic (exact) mass is 276 g/mol. The quantitative estimate of drug-likeness (QED) is 0.839. The van der Waals surface area contributed by atoms with E-state index in [4.69, 9.17) is 0 Å². The van der Waals surface area contributed by atoms with Crippen LogP contribution in [0.15, 0.2) is 0 Å². The third-order valence-corrected chi connectivity index (χ3v) is 4.71. The van der Waals surface area contributed by atoms with E-state index in [2.05, 4.69) is 37.9 Å². The van der Waals surface area contributed by atoms with Gasteiger partial charge in [-0.3, -0.25) is 4.90 Å². The van der Waals surface area contributed by atoms with E-state index in [-0.39, 0.29) is 11.2 Å². The van der Waals surface area contributed by atoms with Gasteiger partial charge in [0.1, 0.15) is 9.84 Å². The predicted molar refractivity (Wildman–Crippen MR) is 76.6 cm³/mol. The Morgan fingerprint density at radius 1 is 1.33 bits per heavy atom. The number of hydrogen-bond acceptors (Lipinski definition) is 4. The highest BCUT2D eigenvalue weighted by Gasteiger charge is 2.30. The highest BCUT2D eigenvalue weighted by Crippen LogP contribution is 2.23. The third kappa shape index (κ3) is 5.24. The zero-order valence-corrected chi connectivity index (χ0v) is 13.2. The van der Waals surface area contributed by atoms with E-state index in [0.717, 1.165) is 19.5 Å². The second-order valence-electron chi connectivity index (χ2n) is 6.64. The lowest BCUT2D eigenvalue weighted by Gasteiger charge is -2.35. The van der Waals surface area contributed by atoms with Crippen molar-refractivity contribution in [3.8, 4) is 0 Å². The molecule has 1 heterocycles. The van der Waals surface area contributed by atoms with Gasteiger partial charge in [0.2, 0.25) is 0 Å². The molecule has 1 rings (SSSR count). The summed E-state index contributed by atoms with van der Waals surface area (Å²) in [6.07, 6.45) is 2.39. The van der Waals surface area contributed by atoms with Crippen molar-refractivity contribution in [2.45, 2.75) is 46.2 Å². The van der Waals surface area contributed by atoms with Crippen LogP contribution in [-0.4, -0.2) is 57.0 Å². The van der Waals surface area contributed by atoms with Gasteiger partial charge in [-0.15, -0.1) is 0 Å². The highest BCUT2D eigenvalue weighted by molar-refractivity contribution is 7.90. The fourth-order valence-corrected chi connectivity index (χ4v) is 2.87. The van der Waals surface area contributed by atoms with Crippen molar-refractivity contribution < 1.29 is 8.42 Å². The molecule has 1 saturated heterocycles. The minimum atomic E-state index is -2.87. The molecule has 2 unspecified atom stereocenters. The Labute approximate surface area is 112 Å². The van der Waals surface area contributed by atoms with Gasteiger partial charge in [0, 0.05) is 31.4 Å². The zero-order chi connectivity index (χ0) is 14.0. The average molecular weight is 276 g/mol. The summed E-state index contributed by atoms with van der Waals surface area (Å²) in [5.41, 5.74) is 0.202. The molecular weight excluding hydrogens is 248 g/mol. The van der Waals surface area contributed by atoms with E-state index >= 15 is 0 Å². The van der Waals surface area contributed by atoms with Crippen molar-refractivity contribution in [3.63, 3.8) is 0 Å². The number of nitrogens with zero attached hydrogens (tertiary/aromatic N) is 1. The zero-order valence-electron chi connectivity index (χ0n) is 12.4. The van der Waals surface area contributed by atoms with E-state index in [1.165, 1.54) is 6.26 Å². The molecule has 0 aromatic carbocycles. The van der Waals surface area contributed by atoms with Gasteiger partial charge in [-0.25, -0.2) is 8.42 Å². The summed E-state index contributed by atoms with van der Waals surface area (Å²) >= 11 is 0. The van der Waals surface area contributed by atoms with Crippen LogP contribution in [0.1, 0.15) is 34.1 Å². The van der Waals surface area contributed by atoms with Gasteiger partial charge < -0.3 is 5.32 Å². The van der Waals surface area contributed by atoms with Crippen molar-refractivity contribution in [3.05, 3.63) is 0 Å². The van der Waals surface area contributed by atoms with Crippen LogP contribution in [0, 0.1) is 5.41 Å². The first-order valence-corrected chi connectivity index (χ1v) is 8.81. The van der Waals surface area contributed by atoms with Crippen LogP contribution in [0.5, 0.6) is 0 Å². The van der Waals surface area contributed by atoms with Gasteiger partial charge in [0.15, 0.2) is 0 Å². The molecule has 0 amide bonds. The van der Waals surface area contributed by atoms with E-state index in [9.17, 15) is 8.42 Å². The van der Waals surface area contributed by atoms with E-state index in [1.807, 2.05) is 0 Å². The SMILES string of the molecule is CC1CCNC(C(C)(C)C)CN1CCS(C)(=O)=O. The van der Waals surface area contributed by atoms with Gasteiger partial charge in [-0.1, -0.05) is 20.8 Å². The summed E-state index contributed by atoms with van der Waals surface area (Å²) < 4.78 is 22.6. The molecule has 5 heteroatoms. The van der Waals surface area contributed by atoms with Gasteiger partial charge in [-0.2, -0.15) is 0 Å². The van der Waals surface area contributed by atoms with Crippen LogP contribution in [0.2, 0.25) is 0 Å². The lowest BCUT2D eigenvalue weighted by atomic mass is 9.86. The first-order valence-electron chi connectivity index (χ1n) is 6.75. The Kier molecular flexibility index (Phi) is 5.21. The van der Waals surface area contributed by atoms with Crippen LogP contribution in [0.25, 0.3) is 0 Å². The van der Waals surface area contributed by atoms with Crippen molar-refractivity contribution >= 4 is 9.84 Å². The Morgan fingerprint density at radius 3 is 2.44 bits per heavy atom. The fourth-order valence-electron chi connectivity index (χ4n) is 2.30. The van der Waals surface area contributed by atoms with Gasteiger partial charge in [0.05, 0.1) is 5.75 Å². The number of hydrogen-bond donors (Lipinski definition) is 1. The number of sulfone groups is 1. The van der Waals surface area contributed by atoms with Crippen molar-refractivity contribution in [1.82, 2.24) is 10.2 Å². The molecule has 1 aliphatic heterocycles. The summed E-state index contributed by atoms with van der Waals surface area (Å²) in [7, 11) is -2.87. The van der Waals surface area contributed by atoms with Crippen molar-refractivity contribution in [1.29, 1.82) is 0 Å². The van der Waals surface area contributed by atoms with E-state index in [0.29, 0.717) is 18.6 Å². The van der Waals surface area contributed by atoms with E-state index in [1.54, 1.807) is 0 Å². The molecule has 0 saturated carbocycles. The summed E-state index contributed by atoms with van der Waals surface area (Å²) in [5, 5.41) is 3.59. The standard InChI is InChI=1S/C13H28N2O2S/c1-11-6-7-14-12(13(2,3)4)10-15(11)8-9-18(5,16)17/h11-12,14H,6-10H2,1-5H3. The Balaban J connectivity index is 2.68. The Hall–Kier alpha value is -0.130. The number of nitrogens with one attached hydrogen (secondary N) is 1. The maximum absolute atomic E-state index is 11.3. The van der Waals surface area contributed by atoms with Gasteiger partial charge >= 0.3 is 0 Å². The second kappa shape index (κ2) is 5.88. The molecule has 0 aromatic rings. The lowest BCUT2D eigenvalue weighted by molar-refractivity contribution is 0.172. The molecule has 1 aliphatic rings. The van der Waals surface area contributed by atoms with Crippen molar-refractivity contribution in [2.24, 2.45) is 5.41 Å². The average Bonchev–Trinajstić information content (AvgIpc) is 2.35. The molecule has 1 N–H and O–H groups in total. The van der Waals surface area contributed by atoms with Crippen LogP contribution in [0.4, 0.5) is 0 Å². The van der Waals surface area contributed by atoms with Crippen LogP contribution in [0.3, 0.4) is 0 Å². The minimum absolute atomic E-state index is 0.202. The lowest BCUT2D eigenvalue weighted by Crippen LogP contribution is -2.48.